The van der Waals surface area contributed by atoms with Gasteiger partial charge in [0.2, 0.25) is 0 Å². The lowest BCUT2D eigenvalue weighted by Gasteiger charge is -2.25. The van der Waals surface area contributed by atoms with Crippen LogP contribution in [-0.4, -0.2) is 19.2 Å². The molecule has 80 valence electrons. The van der Waals surface area contributed by atoms with Gasteiger partial charge in [0.05, 0.1) is 6.61 Å². The van der Waals surface area contributed by atoms with Crippen molar-refractivity contribution >= 4 is 0 Å². The van der Waals surface area contributed by atoms with Crippen LogP contribution in [0.2, 0.25) is 0 Å². The van der Waals surface area contributed by atoms with Crippen molar-refractivity contribution in [2.24, 2.45) is 5.92 Å². The highest BCUT2D eigenvalue weighted by atomic mass is 16.5. The van der Waals surface area contributed by atoms with E-state index in [1.165, 1.54) is 18.4 Å². The molecule has 1 fully saturated rings. The quantitative estimate of drug-likeness (QED) is 0.811. The number of hydrogen-bond acceptors (Lipinski definition) is 2. The van der Waals surface area contributed by atoms with E-state index in [-0.39, 0.29) is 0 Å². The molecule has 1 atom stereocenters. The van der Waals surface area contributed by atoms with E-state index in [0.29, 0.717) is 5.92 Å². The fraction of sp³-hybridized carbons (Fsp3) is 0.538. The second kappa shape index (κ2) is 3.86. The van der Waals surface area contributed by atoms with Crippen LogP contribution < -0.4 is 10.1 Å². The third-order valence-corrected chi connectivity index (χ3v) is 3.23. The topological polar surface area (TPSA) is 21.3 Å². The highest BCUT2D eigenvalue weighted by molar-refractivity contribution is 5.35. The maximum absolute atomic E-state index is 5.75. The molecule has 0 amide bonds. The number of nitrogens with one attached hydrogen (secondary N) is 1. The van der Waals surface area contributed by atoms with Crippen LogP contribution in [0.4, 0.5) is 0 Å². The summed E-state index contributed by atoms with van der Waals surface area (Å²) in [5.41, 5.74) is 1.37. The summed E-state index contributed by atoms with van der Waals surface area (Å²) in [4.78, 5) is 0. The van der Waals surface area contributed by atoms with Crippen LogP contribution in [0.3, 0.4) is 0 Å². The van der Waals surface area contributed by atoms with Gasteiger partial charge in [-0.3, -0.25) is 0 Å². The molecule has 1 aliphatic carbocycles. The molecule has 0 aromatic heterocycles. The molecular weight excluding hydrogens is 186 g/mol. The van der Waals surface area contributed by atoms with Crippen LogP contribution in [0.1, 0.15) is 18.4 Å². The Morgan fingerprint density at radius 1 is 1.27 bits per heavy atom. The van der Waals surface area contributed by atoms with E-state index in [1.54, 1.807) is 0 Å². The molecule has 1 heterocycles. The van der Waals surface area contributed by atoms with Crippen molar-refractivity contribution in [3.8, 4) is 5.75 Å². The van der Waals surface area contributed by atoms with Gasteiger partial charge in [-0.1, -0.05) is 18.2 Å². The Hall–Kier alpha value is -1.02. The first-order chi connectivity index (χ1) is 7.42. The number of ether oxygens (including phenoxy) is 1. The normalized spacial score (nSPS) is 24.4. The standard InChI is InChI=1S/C13H17NO/c1-2-4-13-11(3-1)7-10(9-15-13)8-14-12-5-6-12/h1-4,10,12,14H,5-9H2/t10-/m1/s1. The lowest BCUT2D eigenvalue weighted by molar-refractivity contribution is 0.218. The number of benzene rings is 1. The predicted octanol–water partition coefficient (Wildman–Crippen LogP) is 1.99. The summed E-state index contributed by atoms with van der Waals surface area (Å²) in [7, 11) is 0. The third-order valence-electron chi connectivity index (χ3n) is 3.23. The molecule has 1 saturated carbocycles. The van der Waals surface area contributed by atoms with E-state index in [9.17, 15) is 0 Å². The van der Waals surface area contributed by atoms with Gasteiger partial charge in [-0.15, -0.1) is 0 Å². The zero-order valence-electron chi connectivity index (χ0n) is 8.91. The summed E-state index contributed by atoms with van der Waals surface area (Å²) < 4.78 is 5.75. The van der Waals surface area contributed by atoms with Gasteiger partial charge in [0.25, 0.3) is 0 Å². The molecule has 1 N–H and O–H groups in total. The second-order valence-electron chi connectivity index (χ2n) is 4.67. The lowest BCUT2D eigenvalue weighted by atomic mass is 9.97. The second-order valence-corrected chi connectivity index (χ2v) is 4.67. The number of fused-ring (bicyclic) bond motifs is 1. The van der Waals surface area contributed by atoms with Crippen molar-refractivity contribution in [3.05, 3.63) is 29.8 Å². The summed E-state index contributed by atoms with van der Waals surface area (Å²) in [6.07, 6.45) is 3.89. The molecule has 0 radical (unpaired) electrons. The molecule has 15 heavy (non-hydrogen) atoms. The zero-order valence-corrected chi connectivity index (χ0v) is 8.91. The first-order valence-electron chi connectivity index (χ1n) is 5.86. The molecule has 2 heteroatoms. The number of para-hydroxylation sites is 1. The third kappa shape index (κ3) is 2.15. The summed E-state index contributed by atoms with van der Waals surface area (Å²) in [5.74, 6) is 1.74. The van der Waals surface area contributed by atoms with E-state index in [0.717, 1.165) is 31.4 Å². The van der Waals surface area contributed by atoms with Gasteiger partial charge in [-0.2, -0.15) is 0 Å². The van der Waals surface area contributed by atoms with Crippen LogP contribution >= 0.6 is 0 Å². The average molecular weight is 203 g/mol. The minimum Gasteiger partial charge on any atom is -0.493 e. The van der Waals surface area contributed by atoms with Gasteiger partial charge in [-0.05, 0) is 30.9 Å². The van der Waals surface area contributed by atoms with Gasteiger partial charge < -0.3 is 10.1 Å². The largest absolute Gasteiger partial charge is 0.493 e. The van der Waals surface area contributed by atoms with E-state index in [2.05, 4.69) is 23.5 Å². The molecular formula is C13H17NO. The van der Waals surface area contributed by atoms with Crippen molar-refractivity contribution in [2.45, 2.75) is 25.3 Å². The highest BCUT2D eigenvalue weighted by Gasteiger charge is 2.24. The maximum Gasteiger partial charge on any atom is 0.122 e. The van der Waals surface area contributed by atoms with Gasteiger partial charge in [0, 0.05) is 18.5 Å². The Morgan fingerprint density at radius 3 is 3.00 bits per heavy atom. The average Bonchev–Trinajstić information content (AvgIpc) is 3.10. The summed E-state index contributed by atoms with van der Waals surface area (Å²) in [6.45, 7) is 1.98. The van der Waals surface area contributed by atoms with E-state index >= 15 is 0 Å². The Bertz CT molecular complexity index is 346. The molecule has 0 spiro atoms. The molecule has 2 aliphatic rings. The Kier molecular flexibility index (Phi) is 2.37. The summed E-state index contributed by atoms with van der Waals surface area (Å²) >= 11 is 0. The van der Waals surface area contributed by atoms with Crippen molar-refractivity contribution in [1.82, 2.24) is 5.32 Å². The molecule has 0 bridgehead atoms. The van der Waals surface area contributed by atoms with Crippen LogP contribution in [0.25, 0.3) is 0 Å². The Balaban J connectivity index is 1.61. The van der Waals surface area contributed by atoms with Crippen molar-refractivity contribution in [3.63, 3.8) is 0 Å². The molecule has 3 rings (SSSR count). The van der Waals surface area contributed by atoms with Crippen LogP contribution in [0.5, 0.6) is 5.75 Å². The number of rotatable bonds is 3. The van der Waals surface area contributed by atoms with Gasteiger partial charge in [-0.25, -0.2) is 0 Å². The van der Waals surface area contributed by atoms with Crippen LogP contribution in [-0.2, 0) is 6.42 Å². The Labute approximate surface area is 90.6 Å². The molecule has 1 aromatic carbocycles. The van der Waals surface area contributed by atoms with Crippen molar-refractivity contribution in [1.29, 1.82) is 0 Å². The van der Waals surface area contributed by atoms with E-state index in [1.807, 2.05) is 6.07 Å². The Morgan fingerprint density at radius 2 is 2.13 bits per heavy atom. The van der Waals surface area contributed by atoms with Gasteiger partial charge in [0.1, 0.15) is 5.75 Å². The predicted molar refractivity (Wildman–Crippen MR) is 60.2 cm³/mol. The van der Waals surface area contributed by atoms with E-state index in [4.69, 9.17) is 4.74 Å². The molecule has 1 aromatic rings. The molecule has 0 saturated heterocycles. The summed E-state index contributed by atoms with van der Waals surface area (Å²) in [6, 6.07) is 9.20. The van der Waals surface area contributed by atoms with Crippen LogP contribution in [0.15, 0.2) is 24.3 Å². The zero-order chi connectivity index (χ0) is 10.1. The molecule has 2 nitrogen and oxygen atoms in total. The fourth-order valence-electron chi connectivity index (χ4n) is 2.14. The van der Waals surface area contributed by atoms with Crippen molar-refractivity contribution < 1.29 is 4.74 Å². The lowest BCUT2D eigenvalue weighted by Crippen LogP contribution is -2.32. The van der Waals surface area contributed by atoms with Crippen LogP contribution in [0, 0.1) is 5.92 Å². The van der Waals surface area contributed by atoms with Gasteiger partial charge in [0.15, 0.2) is 0 Å². The van der Waals surface area contributed by atoms with Gasteiger partial charge >= 0.3 is 0 Å². The summed E-state index contributed by atoms with van der Waals surface area (Å²) in [5, 5.41) is 3.58. The first-order valence-corrected chi connectivity index (χ1v) is 5.86. The van der Waals surface area contributed by atoms with Crippen molar-refractivity contribution in [2.75, 3.05) is 13.2 Å². The SMILES string of the molecule is c1ccc2c(c1)C[C@H](CNC1CC1)CO2. The smallest absolute Gasteiger partial charge is 0.122 e. The monoisotopic (exact) mass is 203 g/mol. The maximum atomic E-state index is 5.75. The van der Waals surface area contributed by atoms with E-state index < -0.39 is 0 Å². The fourth-order valence-corrected chi connectivity index (χ4v) is 2.14. The first kappa shape index (κ1) is 9.22. The molecule has 0 unspecified atom stereocenters. The highest BCUT2D eigenvalue weighted by Crippen LogP contribution is 2.27. The molecule has 1 aliphatic heterocycles. The minimum atomic E-state index is 0.653. The number of hydrogen-bond donors (Lipinski definition) is 1. The minimum absolute atomic E-state index is 0.653.